The molecule has 0 radical (unpaired) electrons. The van der Waals surface area contributed by atoms with E-state index in [4.69, 9.17) is 9.97 Å². The molecule has 0 atom stereocenters. The largest absolute Gasteiger partial charge is 0.225 e. The van der Waals surface area contributed by atoms with Crippen molar-refractivity contribution in [3.8, 4) is 78.1 Å². The Labute approximate surface area is 444 Å². The van der Waals surface area contributed by atoms with E-state index >= 15 is 0 Å². The summed E-state index contributed by atoms with van der Waals surface area (Å²) in [5, 5.41) is 5.73. The van der Waals surface area contributed by atoms with Gasteiger partial charge in [0.25, 0.3) is 0 Å². The molecule has 0 N–H and O–H groups in total. The highest BCUT2D eigenvalue weighted by molar-refractivity contribution is 8.01. The zero-order chi connectivity index (χ0) is 49.9. The molecule has 2 aliphatic heterocycles. The highest BCUT2D eigenvalue weighted by atomic mass is 32.2. The zero-order valence-electron chi connectivity index (χ0n) is 41.6. The molecule has 0 unspecified atom stereocenters. The van der Waals surface area contributed by atoms with Gasteiger partial charge in [-0.1, -0.05) is 243 Å². The van der Waals surface area contributed by atoms with Crippen LogP contribution in [0.25, 0.3) is 78.1 Å². The van der Waals surface area contributed by atoms with Gasteiger partial charge in [0.1, 0.15) is 12.7 Å². The molecular formula is C68H49N3S2Si. The van der Waals surface area contributed by atoms with Crippen LogP contribution in [0.15, 0.2) is 263 Å². The average Bonchev–Trinajstić information content (AvgIpc) is 3.97. The number of rotatable bonds is 8. The average molecular weight is 1000 g/mol. The van der Waals surface area contributed by atoms with Gasteiger partial charge in [-0.3, -0.25) is 0 Å². The quantitative estimate of drug-likeness (QED) is 0.142. The van der Waals surface area contributed by atoms with Gasteiger partial charge in [0.05, 0.1) is 0 Å². The van der Waals surface area contributed by atoms with Crippen molar-refractivity contribution in [3.05, 3.63) is 249 Å². The third kappa shape index (κ3) is 7.30. The van der Waals surface area contributed by atoms with Crippen molar-refractivity contribution >= 4 is 52.3 Å². The van der Waals surface area contributed by atoms with Crippen LogP contribution in [0.1, 0.15) is 38.5 Å². The molecule has 3 heterocycles. The molecular weight excluding hydrogens is 951 g/mol. The minimum atomic E-state index is -2.93. The molecule has 0 saturated heterocycles. The summed E-state index contributed by atoms with van der Waals surface area (Å²) in [4.78, 5) is 19.6. The molecule has 1 aromatic heterocycles. The summed E-state index contributed by atoms with van der Waals surface area (Å²) in [5.41, 5.74) is 15.2. The molecule has 10 aromatic carbocycles. The van der Waals surface area contributed by atoms with Crippen molar-refractivity contribution < 1.29 is 1.37 Å². The molecule has 3 aliphatic rings. The minimum Gasteiger partial charge on any atom is -0.225 e. The Balaban J connectivity index is 1.14. The first-order chi connectivity index (χ1) is 37.1. The third-order valence-electron chi connectivity index (χ3n) is 15.4. The lowest BCUT2D eigenvalue weighted by molar-refractivity contribution is 0.723. The minimum absolute atomic E-state index is 0.606. The molecule has 74 heavy (non-hydrogen) atoms. The van der Waals surface area contributed by atoms with Gasteiger partial charge in [-0.15, -0.1) is 0 Å². The summed E-state index contributed by atoms with van der Waals surface area (Å²) in [6.07, 6.45) is 6.99. The molecule has 1 fully saturated rings. The van der Waals surface area contributed by atoms with Crippen LogP contribution in [0, 0.1) is 0 Å². The molecule has 14 rings (SSSR count). The summed E-state index contributed by atoms with van der Waals surface area (Å²) in [5.74, 6) is -0.127. The molecule has 11 aromatic rings. The van der Waals surface area contributed by atoms with Gasteiger partial charge >= 0.3 is 0 Å². The first-order valence-electron chi connectivity index (χ1n) is 26.1. The molecule has 3 nitrogen and oxygen atoms in total. The van der Waals surface area contributed by atoms with Crippen molar-refractivity contribution in [2.24, 2.45) is 0 Å². The summed E-state index contributed by atoms with van der Waals surface area (Å²) in [7, 11) is -2.93. The van der Waals surface area contributed by atoms with Crippen LogP contribution in [-0.2, 0) is 0 Å². The van der Waals surface area contributed by atoms with Crippen molar-refractivity contribution in [3.63, 3.8) is 0 Å². The lowest BCUT2D eigenvalue weighted by Gasteiger charge is -2.44. The number of hydrogen-bond acceptors (Lipinski definition) is 5. The summed E-state index contributed by atoms with van der Waals surface area (Å²) < 4.78 is 10.5. The van der Waals surface area contributed by atoms with E-state index in [1.165, 1.54) is 45.9 Å². The molecule has 0 amide bonds. The molecule has 1 saturated carbocycles. The van der Waals surface area contributed by atoms with Crippen LogP contribution in [0.4, 0.5) is 0 Å². The Kier molecular flexibility index (Phi) is 11.1. The topological polar surface area (TPSA) is 38.7 Å². The lowest BCUT2D eigenvalue weighted by Crippen LogP contribution is -2.78. The van der Waals surface area contributed by atoms with Gasteiger partial charge in [0.2, 0.25) is 0 Å². The second-order valence-corrected chi connectivity index (χ2v) is 25.2. The standard InChI is InChI=1S/C68H49N3S2Si/c1-5-24-46(25-6-1)61-63(48-28-9-3-10-29-48)66(68-70-43-69-44-71-68)64(49-30-11-4-12-31-49)62(47-26-7-2-8-27-47)65(61)51-33-21-32-50(42-51)60-52(45-22-13-14-23-45)40-41-59-67(60)73-55-36-17-20-39-58(55)74(59)56-37-18-15-34-53(56)72-54-35-16-19-38-57(54)74/h1-12,15-21,24-45H,13-14,22-23H2/i45D. The van der Waals surface area contributed by atoms with E-state index in [0.29, 0.717) is 5.82 Å². The van der Waals surface area contributed by atoms with Gasteiger partial charge in [-0.05, 0) is 125 Å². The van der Waals surface area contributed by atoms with Gasteiger partial charge in [0.15, 0.2) is 13.9 Å². The summed E-state index contributed by atoms with van der Waals surface area (Å²) in [6, 6.07) is 85.2. The number of nitrogens with zero attached hydrogens (tertiary/aromatic N) is 3. The first-order valence-corrected chi connectivity index (χ1v) is 29.2. The van der Waals surface area contributed by atoms with Gasteiger partial charge in [0, 0.05) is 37.6 Å². The molecule has 1 aliphatic carbocycles. The van der Waals surface area contributed by atoms with Gasteiger partial charge < -0.3 is 0 Å². The van der Waals surface area contributed by atoms with Gasteiger partial charge in [-0.25, -0.2) is 15.0 Å². The fraction of sp³-hybridized carbons (Fsp3) is 0.0735. The Morgan fingerprint density at radius 2 is 0.757 bits per heavy atom. The Bertz CT molecular complexity index is 3790. The van der Waals surface area contributed by atoms with Gasteiger partial charge in [-0.2, -0.15) is 0 Å². The maximum Gasteiger partial charge on any atom is 0.184 e. The van der Waals surface area contributed by atoms with E-state index in [1.54, 1.807) is 12.7 Å². The predicted molar refractivity (Wildman–Crippen MR) is 311 cm³/mol. The number of benzene rings is 10. The number of aromatic nitrogens is 3. The zero-order valence-corrected chi connectivity index (χ0v) is 43.2. The second-order valence-electron chi connectivity index (χ2n) is 19.4. The van der Waals surface area contributed by atoms with Crippen LogP contribution < -0.4 is 20.7 Å². The van der Waals surface area contributed by atoms with Crippen LogP contribution in [0.3, 0.4) is 0 Å². The Hall–Kier alpha value is -7.87. The highest BCUT2D eigenvalue weighted by Gasteiger charge is 2.52. The SMILES string of the molecule is [2H]C1(c2ccc3c(c2-c2cccc(-c4c(-c5ccccc5)c(-c5ccccc5)c(-c5ncncn5)c(-c5ccccc5)c4-c4ccccc4)c2)Sc2ccccc2[Si]32c3ccccc3Sc3ccccc32)CCCC1. The predicted octanol–water partition coefficient (Wildman–Crippen LogP) is 15.5. The normalized spacial score (nSPS) is 14.8. The van der Waals surface area contributed by atoms with Crippen LogP contribution in [0.5, 0.6) is 0 Å². The molecule has 352 valence electrons. The highest BCUT2D eigenvalue weighted by Crippen LogP contribution is 2.56. The fourth-order valence-corrected chi connectivity index (χ4v) is 21.7. The lowest BCUT2D eigenvalue weighted by atomic mass is 9.75. The second kappa shape index (κ2) is 18.9. The summed E-state index contributed by atoms with van der Waals surface area (Å²) in [6.45, 7) is 0. The monoisotopic (exact) mass is 1000 g/mol. The van der Waals surface area contributed by atoms with Crippen LogP contribution in [-0.4, -0.2) is 23.0 Å². The third-order valence-corrected chi connectivity index (χ3v) is 23.4. The maximum atomic E-state index is 10.5. The maximum absolute atomic E-state index is 10.5. The van der Waals surface area contributed by atoms with E-state index in [9.17, 15) is 1.37 Å². The van der Waals surface area contributed by atoms with Crippen molar-refractivity contribution in [1.82, 2.24) is 15.0 Å². The van der Waals surface area contributed by atoms with Crippen LogP contribution in [0.2, 0.25) is 0 Å². The van der Waals surface area contributed by atoms with Crippen LogP contribution >= 0.6 is 23.5 Å². The summed E-state index contributed by atoms with van der Waals surface area (Å²) >= 11 is 3.83. The Morgan fingerprint density at radius 1 is 0.365 bits per heavy atom. The first kappa shape index (κ1) is 43.7. The van der Waals surface area contributed by atoms with E-state index in [0.717, 1.165) is 98.0 Å². The Morgan fingerprint density at radius 3 is 1.24 bits per heavy atom. The van der Waals surface area contributed by atoms with Crippen molar-refractivity contribution in [2.75, 3.05) is 0 Å². The number of hydrogen-bond donors (Lipinski definition) is 0. The van der Waals surface area contributed by atoms with Crippen molar-refractivity contribution in [1.29, 1.82) is 0 Å². The van der Waals surface area contributed by atoms with E-state index < -0.39 is 14.0 Å². The van der Waals surface area contributed by atoms with E-state index in [-0.39, 0.29) is 0 Å². The fourth-order valence-electron chi connectivity index (χ4n) is 12.4. The number of fused-ring (bicyclic) bond motifs is 8. The van der Waals surface area contributed by atoms with E-state index in [2.05, 4.69) is 236 Å². The molecule has 6 heteroatoms. The van der Waals surface area contributed by atoms with E-state index in [1.807, 2.05) is 23.5 Å². The molecule has 0 bridgehead atoms. The molecule has 1 spiro atoms. The van der Waals surface area contributed by atoms with Crippen molar-refractivity contribution in [2.45, 2.75) is 51.2 Å². The smallest absolute Gasteiger partial charge is 0.184 e.